The van der Waals surface area contributed by atoms with E-state index < -0.39 is 0 Å². The fourth-order valence-corrected chi connectivity index (χ4v) is 3.87. The highest BCUT2D eigenvalue weighted by Gasteiger charge is 2.19. The smallest absolute Gasteiger partial charge is 0.226 e. The van der Waals surface area contributed by atoms with E-state index in [0.29, 0.717) is 0 Å². The van der Waals surface area contributed by atoms with Gasteiger partial charge in [0.1, 0.15) is 0 Å². The second-order valence-corrected chi connectivity index (χ2v) is 7.35. The lowest BCUT2D eigenvalue weighted by Crippen LogP contribution is -2.32. The van der Waals surface area contributed by atoms with Gasteiger partial charge in [-0.05, 0) is 38.1 Å². The van der Waals surface area contributed by atoms with Crippen LogP contribution in [0.2, 0.25) is 0 Å². The van der Waals surface area contributed by atoms with Crippen LogP contribution in [0.15, 0.2) is 42.6 Å². The molecule has 6 nitrogen and oxygen atoms in total. The number of aromatic nitrogens is 3. The van der Waals surface area contributed by atoms with Crippen molar-refractivity contribution >= 4 is 16.8 Å². The molecule has 1 aliphatic rings. The molecule has 1 aromatic carbocycles. The van der Waals surface area contributed by atoms with Gasteiger partial charge in [-0.15, -0.1) is 0 Å². The molecule has 1 N–H and O–H groups in total. The SMILES string of the molecule is CN1CCCC(c2ccccc2)NC(=O)Cc2cc3cnn(C)c3c(n2)C1. The van der Waals surface area contributed by atoms with Gasteiger partial charge < -0.3 is 10.2 Å². The van der Waals surface area contributed by atoms with E-state index in [0.717, 1.165) is 53.8 Å². The van der Waals surface area contributed by atoms with Crippen molar-refractivity contribution in [3.8, 4) is 0 Å². The molecule has 4 rings (SSSR count). The fraction of sp³-hybridized carbons (Fsp3) is 0.381. The van der Waals surface area contributed by atoms with Crippen molar-refractivity contribution in [1.29, 1.82) is 0 Å². The molecule has 0 saturated carbocycles. The van der Waals surface area contributed by atoms with Crippen molar-refractivity contribution in [3.05, 3.63) is 59.5 Å². The quantitative estimate of drug-likeness (QED) is 0.722. The first-order chi connectivity index (χ1) is 13.1. The molecule has 27 heavy (non-hydrogen) atoms. The van der Waals surface area contributed by atoms with E-state index in [-0.39, 0.29) is 18.4 Å². The first kappa shape index (κ1) is 17.7. The first-order valence-electron chi connectivity index (χ1n) is 9.43. The van der Waals surface area contributed by atoms with Crippen LogP contribution in [0.4, 0.5) is 0 Å². The van der Waals surface area contributed by atoms with Crippen LogP contribution in [-0.2, 0) is 24.8 Å². The summed E-state index contributed by atoms with van der Waals surface area (Å²) in [6.45, 7) is 1.70. The summed E-state index contributed by atoms with van der Waals surface area (Å²) in [7, 11) is 4.06. The molecule has 0 spiro atoms. The van der Waals surface area contributed by atoms with E-state index in [1.54, 1.807) is 0 Å². The van der Waals surface area contributed by atoms with Gasteiger partial charge in [0.05, 0.1) is 35.6 Å². The molecule has 1 atom stereocenters. The van der Waals surface area contributed by atoms with Crippen molar-refractivity contribution in [3.63, 3.8) is 0 Å². The molecule has 0 aliphatic carbocycles. The standard InChI is InChI=1S/C21H25N5O/c1-25-10-6-9-18(15-7-4-3-5-8-15)24-20(27)12-17-11-16-13-22-26(2)21(16)19(14-25)23-17/h3-5,7-8,11,13,18H,6,9-10,12,14H2,1-2H3,(H,24,27). The Labute approximate surface area is 159 Å². The normalized spacial score (nSPS) is 19.3. The molecule has 2 bridgehead atoms. The molecule has 6 heteroatoms. The molecule has 140 valence electrons. The molecular weight excluding hydrogens is 338 g/mol. The van der Waals surface area contributed by atoms with Gasteiger partial charge in [-0.25, -0.2) is 0 Å². The van der Waals surface area contributed by atoms with Crippen LogP contribution in [0.25, 0.3) is 10.9 Å². The van der Waals surface area contributed by atoms with Gasteiger partial charge in [-0.2, -0.15) is 5.10 Å². The lowest BCUT2D eigenvalue weighted by Gasteiger charge is -2.23. The third kappa shape index (κ3) is 3.85. The Morgan fingerprint density at radius 2 is 2.00 bits per heavy atom. The zero-order valence-electron chi connectivity index (χ0n) is 15.9. The second-order valence-electron chi connectivity index (χ2n) is 7.35. The second kappa shape index (κ2) is 7.48. The van der Waals surface area contributed by atoms with Crippen LogP contribution in [0.3, 0.4) is 0 Å². The van der Waals surface area contributed by atoms with Gasteiger partial charge in [-0.1, -0.05) is 30.3 Å². The van der Waals surface area contributed by atoms with E-state index in [2.05, 4.69) is 34.5 Å². The lowest BCUT2D eigenvalue weighted by atomic mass is 10.0. The molecular formula is C21H25N5O. The number of fused-ring (bicyclic) bond motifs is 4. The average molecular weight is 363 g/mol. The van der Waals surface area contributed by atoms with Crippen molar-refractivity contribution in [2.75, 3.05) is 13.6 Å². The highest BCUT2D eigenvalue weighted by Crippen LogP contribution is 2.22. The summed E-state index contributed by atoms with van der Waals surface area (Å²) in [5, 5.41) is 8.62. The predicted octanol–water partition coefficient (Wildman–Crippen LogP) is 2.59. The van der Waals surface area contributed by atoms with Crippen molar-refractivity contribution in [2.45, 2.75) is 31.8 Å². The number of nitrogens with zero attached hydrogens (tertiary/aromatic N) is 4. The molecule has 0 saturated heterocycles. The monoisotopic (exact) mass is 363 g/mol. The minimum atomic E-state index is 0.0134. The van der Waals surface area contributed by atoms with Gasteiger partial charge >= 0.3 is 0 Å². The molecule has 2 aromatic heterocycles. The largest absolute Gasteiger partial charge is 0.349 e. The molecule has 1 aliphatic heterocycles. The summed E-state index contributed by atoms with van der Waals surface area (Å²) in [6, 6.07) is 12.2. The number of carbonyl (C=O) groups excluding carboxylic acids is 1. The van der Waals surface area contributed by atoms with Gasteiger partial charge in [0.15, 0.2) is 0 Å². The number of pyridine rings is 1. The zero-order chi connectivity index (χ0) is 18.8. The lowest BCUT2D eigenvalue weighted by molar-refractivity contribution is -0.121. The molecule has 1 unspecified atom stereocenters. The number of nitrogens with one attached hydrogen (secondary N) is 1. The number of amides is 1. The third-order valence-electron chi connectivity index (χ3n) is 5.17. The maximum Gasteiger partial charge on any atom is 0.226 e. The van der Waals surface area contributed by atoms with Crippen LogP contribution in [0.1, 0.15) is 35.8 Å². The molecule has 3 aromatic rings. The summed E-state index contributed by atoms with van der Waals surface area (Å²) in [5.74, 6) is 0.0134. The summed E-state index contributed by atoms with van der Waals surface area (Å²) in [6.07, 6.45) is 4.05. The van der Waals surface area contributed by atoms with Crippen molar-refractivity contribution in [2.24, 2.45) is 7.05 Å². The number of aryl methyl sites for hydroxylation is 1. The average Bonchev–Trinajstić information content (AvgIpc) is 3.02. The van der Waals surface area contributed by atoms with Crippen molar-refractivity contribution in [1.82, 2.24) is 25.0 Å². The van der Waals surface area contributed by atoms with Crippen LogP contribution >= 0.6 is 0 Å². The Kier molecular flexibility index (Phi) is 4.90. The predicted molar refractivity (Wildman–Crippen MR) is 105 cm³/mol. The summed E-state index contributed by atoms with van der Waals surface area (Å²) >= 11 is 0. The molecule has 3 heterocycles. The van der Waals surface area contributed by atoms with E-state index in [4.69, 9.17) is 4.98 Å². The van der Waals surface area contributed by atoms with Crippen LogP contribution in [0.5, 0.6) is 0 Å². The Hall–Kier alpha value is -2.73. The topological polar surface area (TPSA) is 63.1 Å². The minimum Gasteiger partial charge on any atom is -0.349 e. The summed E-state index contributed by atoms with van der Waals surface area (Å²) < 4.78 is 1.87. The van der Waals surface area contributed by atoms with Crippen LogP contribution in [-0.4, -0.2) is 39.2 Å². The highest BCUT2D eigenvalue weighted by molar-refractivity contribution is 5.84. The number of hydrogen-bond donors (Lipinski definition) is 1. The Morgan fingerprint density at radius 1 is 1.19 bits per heavy atom. The summed E-state index contributed by atoms with van der Waals surface area (Å²) in [5.41, 5.74) is 3.98. The highest BCUT2D eigenvalue weighted by atomic mass is 16.1. The van der Waals surface area contributed by atoms with E-state index in [9.17, 15) is 4.79 Å². The number of benzene rings is 1. The Morgan fingerprint density at radius 3 is 2.81 bits per heavy atom. The van der Waals surface area contributed by atoms with Gasteiger partial charge in [0, 0.05) is 19.0 Å². The number of carbonyl (C=O) groups is 1. The third-order valence-corrected chi connectivity index (χ3v) is 5.17. The first-order valence-corrected chi connectivity index (χ1v) is 9.43. The van der Waals surface area contributed by atoms with Gasteiger partial charge in [-0.3, -0.25) is 14.5 Å². The zero-order valence-corrected chi connectivity index (χ0v) is 15.9. The maximum absolute atomic E-state index is 12.7. The molecule has 0 radical (unpaired) electrons. The van der Waals surface area contributed by atoms with E-state index in [1.165, 1.54) is 0 Å². The molecule has 0 fully saturated rings. The van der Waals surface area contributed by atoms with Gasteiger partial charge in [0.25, 0.3) is 0 Å². The number of hydrogen-bond acceptors (Lipinski definition) is 4. The van der Waals surface area contributed by atoms with Crippen LogP contribution in [0, 0.1) is 0 Å². The Balaban J connectivity index is 1.68. The maximum atomic E-state index is 12.7. The van der Waals surface area contributed by atoms with Crippen LogP contribution < -0.4 is 5.32 Å². The van der Waals surface area contributed by atoms with Crippen molar-refractivity contribution < 1.29 is 4.79 Å². The Bertz CT molecular complexity index is 950. The minimum absolute atomic E-state index is 0.0134. The molecule has 1 amide bonds. The fourth-order valence-electron chi connectivity index (χ4n) is 3.87. The number of rotatable bonds is 1. The summed E-state index contributed by atoms with van der Waals surface area (Å²) in [4.78, 5) is 19.8. The van der Waals surface area contributed by atoms with E-state index in [1.807, 2.05) is 42.2 Å². The van der Waals surface area contributed by atoms with E-state index >= 15 is 0 Å². The van der Waals surface area contributed by atoms with Gasteiger partial charge in [0.2, 0.25) is 5.91 Å².